The van der Waals surface area contributed by atoms with Gasteiger partial charge in [0.1, 0.15) is 0 Å². The van der Waals surface area contributed by atoms with Gasteiger partial charge in [0, 0.05) is 26.7 Å². The number of hydrogen-bond acceptors (Lipinski definition) is 3. The molecule has 5 heteroatoms. The SMILES string of the molecule is CN=C(NCc1cccc(CN(C)C)c1)NCC(C)COCc1ccccc1. The summed E-state index contributed by atoms with van der Waals surface area (Å²) in [7, 11) is 5.97. The van der Waals surface area contributed by atoms with Crippen molar-refractivity contribution in [2.45, 2.75) is 26.6 Å². The van der Waals surface area contributed by atoms with E-state index in [1.54, 1.807) is 7.05 Å². The summed E-state index contributed by atoms with van der Waals surface area (Å²) in [6.45, 7) is 6.05. The van der Waals surface area contributed by atoms with Gasteiger partial charge in [-0.1, -0.05) is 61.5 Å². The van der Waals surface area contributed by atoms with Crippen molar-refractivity contribution in [2.75, 3.05) is 34.3 Å². The maximum Gasteiger partial charge on any atom is 0.191 e. The third-order valence-electron chi connectivity index (χ3n) is 4.31. The third-order valence-corrected chi connectivity index (χ3v) is 4.31. The fraction of sp³-hybridized carbons (Fsp3) is 0.435. The number of nitrogens with zero attached hydrogens (tertiary/aromatic N) is 2. The minimum absolute atomic E-state index is 0.394. The van der Waals surface area contributed by atoms with Gasteiger partial charge in [0.2, 0.25) is 0 Å². The zero-order chi connectivity index (χ0) is 20.2. The van der Waals surface area contributed by atoms with Crippen molar-refractivity contribution in [3.63, 3.8) is 0 Å². The van der Waals surface area contributed by atoms with E-state index in [9.17, 15) is 0 Å². The van der Waals surface area contributed by atoms with E-state index in [-0.39, 0.29) is 0 Å². The lowest BCUT2D eigenvalue weighted by atomic mass is 10.1. The molecule has 0 aliphatic rings. The summed E-state index contributed by atoms with van der Waals surface area (Å²) >= 11 is 0. The third kappa shape index (κ3) is 8.55. The molecule has 2 N–H and O–H groups in total. The molecule has 1 unspecified atom stereocenters. The molecule has 0 saturated heterocycles. The molecule has 5 nitrogen and oxygen atoms in total. The molecule has 0 saturated carbocycles. The van der Waals surface area contributed by atoms with Crippen molar-refractivity contribution in [2.24, 2.45) is 10.9 Å². The van der Waals surface area contributed by atoms with E-state index in [0.29, 0.717) is 19.1 Å². The Kier molecular flexibility index (Phi) is 9.52. The highest BCUT2D eigenvalue weighted by Gasteiger charge is 2.05. The first-order chi connectivity index (χ1) is 13.6. The van der Waals surface area contributed by atoms with Crippen LogP contribution in [0.2, 0.25) is 0 Å². The fourth-order valence-corrected chi connectivity index (χ4v) is 2.89. The van der Waals surface area contributed by atoms with Crippen LogP contribution in [0.1, 0.15) is 23.6 Å². The second-order valence-electron chi connectivity index (χ2n) is 7.47. The van der Waals surface area contributed by atoms with Gasteiger partial charge in [0.25, 0.3) is 0 Å². The summed E-state index contributed by atoms with van der Waals surface area (Å²) in [4.78, 5) is 6.49. The molecule has 0 amide bonds. The molecule has 28 heavy (non-hydrogen) atoms. The topological polar surface area (TPSA) is 48.9 Å². The summed E-state index contributed by atoms with van der Waals surface area (Å²) in [5, 5.41) is 6.77. The number of benzene rings is 2. The summed E-state index contributed by atoms with van der Waals surface area (Å²) in [6.07, 6.45) is 0. The number of aliphatic imine (C=N–C) groups is 1. The Bertz CT molecular complexity index is 716. The molecule has 0 aliphatic heterocycles. The number of hydrogen-bond donors (Lipinski definition) is 2. The van der Waals surface area contributed by atoms with Crippen molar-refractivity contribution < 1.29 is 4.74 Å². The lowest BCUT2D eigenvalue weighted by Crippen LogP contribution is -2.39. The molecule has 0 radical (unpaired) electrons. The minimum Gasteiger partial charge on any atom is -0.376 e. The van der Waals surface area contributed by atoms with Gasteiger partial charge >= 0.3 is 0 Å². The molecule has 2 aromatic rings. The number of guanidine groups is 1. The first-order valence-electron chi connectivity index (χ1n) is 9.85. The van der Waals surface area contributed by atoms with Crippen LogP contribution in [0.4, 0.5) is 0 Å². The maximum atomic E-state index is 5.82. The predicted octanol–water partition coefficient (Wildman–Crippen LogP) is 3.27. The van der Waals surface area contributed by atoms with E-state index in [1.165, 1.54) is 16.7 Å². The largest absolute Gasteiger partial charge is 0.376 e. The normalized spacial score (nSPS) is 12.8. The van der Waals surface area contributed by atoms with Gasteiger partial charge in [-0.05, 0) is 36.7 Å². The summed E-state index contributed by atoms with van der Waals surface area (Å²) < 4.78 is 5.82. The van der Waals surface area contributed by atoms with E-state index in [4.69, 9.17) is 4.74 Å². The van der Waals surface area contributed by atoms with Crippen molar-refractivity contribution in [1.82, 2.24) is 15.5 Å². The van der Waals surface area contributed by atoms with Crippen molar-refractivity contribution in [3.8, 4) is 0 Å². The Morgan fingerprint density at radius 2 is 1.71 bits per heavy atom. The quantitative estimate of drug-likeness (QED) is 0.489. The molecule has 1 atom stereocenters. The molecule has 152 valence electrons. The Morgan fingerprint density at radius 3 is 2.43 bits per heavy atom. The Hall–Kier alpha value is -2.37. The average Bonchev–Trinajstić information content (AvgIpc) is 2.69. The molecule has 0 aromatic heterocycles. The molecule has 0 aliphatic carbocycles. The molecule has 0 spiro atoms. The molecular weight excluding hydrogens is 348 g/mol. The van der Waals surface area contributed by atoms with Crippen molar-refractivity contribution in [3.05, 3.63) is 71.3 Å². The second kappa shape index (κ2) is 12.2. The molecule has 0 fully saturated rings. The average molecular weight is 383 g/mol. The Labute approximate surface area is 169 Å². The van der Waals surface area contributed by atoms with E-state index in [0.717, 1.165) is 25.6 Å². The highest BCUT2D eigenvalue weighted by Crippen LogP contribution is 2.07. The molecule has 2 rings (SSSR count). The molecular formula is C23H34N4O. The Morgan fingerprint density at radius 1 is 1.00 bits per heavy atom. The lowest BCUT2D eigenvalue weighted by Gasteiger charge is -2.17. The van der Waals surface area contributed by atoms with Crippen LogP contribution in [0.15, 0.2) is 59.6 Å². The summed E-state index contributed by atoms with van der Waals surface area (Å²) in [6, 6.07) is 18.9. The van der Waals surface area contributed by atoms with E-state index < -0.39 is 0 Å². The van der Waals surface area contributed by atoms with Crippen LogP contribution in [0.3, 0.4) is 0 Å². The Balaban J connectivity index is 1.69. The molecule has 0 heterocycles. The summed E-state index contributed by atoms with van der Waals surface area (Å²) in [5.74, 6) is 1.21. The highest BCUT2D eigenvalue weighted by atomic mass is 16.5. The molecule has 0 bridgehead atoms. The van der Waals surface area contributed by atoms with Crippen molar-refractivity contribution >= 4 is 5.96 Å². The standard InChI is InChI=1S/C23H34N4O/c1-19(17-28-18-20-9-6-5-7-10-20)14-25-23(24-2)26-15-21-11-8-12-22(13-21)16-27(3)4/h5-13,19H,14-18H2,1-4H3,(H2,24,25,26). The fourth-order valence-electron chi connectivity index (χ4n) is 2.89. The van der Waals surface area contributed by atoms with Gasteiger partial charge in [0.05, 0.1) is 13.2 Å². The highest BCUT2D eigenvalue weighted by molar-refractivity contribution is 5.79. The van der Waals surface area contributed by atoms with Gasteiger partial charge in [-0.25, -0.2) is 0 Å². The van der Waals surface area contributed by atoms with Crippen LogP contribution in [0, 0.1) is 5.92 Å². The smallest absolute Gasteiger partial charge is 0.191 e. The van der Waals surface area contributed by atoms with Gasteiger partial charge < -0.3 is 20.3 Å². The number of rotatable bonds is 10. The van der Waals surface area contributed by atoms with E-state index in [2.05, 4.69) is 77.9 Å². The number of ether oxygens (including phenoxy) is 1. The lowest BCUT2D eigenvalue weighted by molar-refractivity contribution is 0.0931. The zero-order valence-electron chi connectivity index (χ0n) is 17.6. The van der Waals surface area contributed by atoms with Crippen LogP contribution in [0.25, 0.3) is 0 Å². The second-order valence-corrected chi connectivity index (χ2v) is 7.47. The first-order valence-corrected chi connectivity index (χ1v) is 9.85. The predicted molar refractivity (Wildman–Crippen MR) is 117 cm³/mol. The van der Waals surface area contributed by atoms with Crippen LogP contribution >= 0.6 is 0 Å². The van der Waals surface area contributed by atoms with Crippen LogP contribution < -0.4 is 10.6 Å². The van der Waals surface area contributed by atoms with Gasteiger partial charge in [-0.3, -0.25) is 4.99 Å². The minimum atomic E-state index is 0.394. The maximum absolute atomic E-state index is 5.82. The van der Waals surface area contributed by atoms with Gasteiger partial charge in [-0.2, -0.15) is 0 Å². The molecule has 2 aromatic carbocycles. The van der Waals surface area contributed by atoms with E-state index >= 15 is 0 Å². The van der Waals surface area contributed by atoms with Crippen LogP contribution in [-0.4, -0.2) is 45.2 Å². The van der Waals surface area contributed by atoms with E-state index in [1.807, 2.05) is 18.2 Å². The zero-order valence-corrected chi connectivity index (χ0v) is 17.6. The number of nitrogens with one attached hydrogen (secondary N) is 2. The first kappa shape index (κ1) is 21.9. The van der Waals surface area contributed by atoms with Gasteiger partial charge in [-0.15, -0.1) is 0 Å². The monoisotopic (exact) mass is 382 g/mol. The van der Waals surface area contributed by atoms with Gasteiger partial charge in [0.15, 0.2) is 5.96 Å². The van der Waals surface area contributed by atoms with Crippen molar-refractivity contribution in [1.29, 1.82) is 0 Å². The summed E-state index contributed by atoms with van der Waals surface area (Å²) in [5.41, 5.74) is 3.77. The van der Waals surface area contributed by atoms with Crippen LogP contribution in [-0.2, 0) is 24.4 Å². The van der Waals surface area contributed by atoms with Crippen LogP contribution in [0.5, 0.6) is 0 Å².